The highest BCUT2D eigenvalue weighted by Gasteiger charge is 2.24. The molecule has 1 N–H and O–H groups in total. The monoisotopic (exact) mass is 293 g/mol. The third-order valence-electron chi connectivity index (χ3n) is 4.55. The Balaban J connectivity index is 1.77. The van der Waals surface area contributed by atoms with Crippen LogP contribution < -0.4 is 5.32 Å². The molecule has 120 valence electrons. The lowest BCUT2D eigenvalue weighted by Crippen LogP contribution is -2.42. The first-order valence-electron chi connectivity index (χ1n) is 8.57. The highest BCUT2D eigenvalue weighted by molar-refractivity contribution is 4.87. The summed E-state index contributed by atoms with van der Waals surface area (Å²) in [5.74, 6) is 1.94. The summed E-state index contributed by atoms with van der Waals surface area (Å²) in [7, 11) is 0. The predicted molar refractivity (Wildman–Crippen MR) is 86.1 cm³/mol. The SMILES string of the molecule is CCCNC(C)C1CCN(Cc2ncnn2CCC)CC1. The standard InChI is InChI=1S/C16H31N5/c1-4-8-17-14(3)15-6-10-20(11-7-15)12-16-18-13-19-21(16)9-5-2/h13-15,17H,4-12H2,1-3H3. The first kappa shape index (κ1) is 16.4. The molecule has 1 unspecified atom stereocenters. The molecule has 2 rings (SSSR count). The maximum atomic E-state index is 4.42. The van der Waals surface area contributed by atoms with Crippen LogP contribution in [0.5, 0.6) is 0 Å². The molecular formula is C16H31N5. The highest BCUT2D eigenvalue weighted by Crippen LogP contribution is 2.21. The fourth-order valence-electron chi connectivity index (χ4n) is 3.16. The zero-order valence-electron chi connectivity index (χ0n) is 13.9. The molecule has 1 aliphatic rings. The number of hydrogen-bond acceptors (Lipinski definition) is 4. The average Bonchev–Trinajstić information content (AvgIpc) is 2.93. The van der Waals surface area contributed by atoms with Gasteiger partial charge in [0.1, 0.15) is 12.2 Å². The molecule has 0 bridgehead atoms. The Bertz CT molecular complexity index is 395. The fourth-order valence-corrected chi connectivity index (χ4v) is 3.16. The van der Waals surface area contributed by atoms with Gasteiger partial charge in [0, 0.05) is 12.6 Å². The third kappa shape index (κ3) is 4.78. The summed E-state index contributed by atoms with van der Waals surface area (Å²) in [6.07, 6.45) is 6.60. The molecule has 1 atom stereocenters. The maximum Gasteiger partial charge on any atom is 0.141 e. The molecule has 0 spiro atoms. The number of hydrogen-bond donors (Lipinski definition) is 1. The largest absolute Gasteiger partial charge is 0.314 e. The quantitative estimate of drug-likeness (QED) is 0.799. The lowest BCUT2D eigenvalue weighted by Gasteiger charge is -2.35. The van der Waals surface area contributed by atoms with Crippen LogP contribution in [0.2, 0.25) is 0 Å². The number of nitrogens with zero attached hydrogens (tertiary/aromatic N) is 4. The van der Waals surface area contributed by atoms with Crippen molar-refractivity contribution >= 4 is 0 Å². The summed E-state index contributed by atoms with van der Waals surface area (Å²) in [6, 6.07) is 0.649. The zero-order valence-corrected chi connectivity index (χ0v) is 13.9. The molecule has 5 nitrogen and oxygen atoms in total. The van der Waals surface area contributed by atoms with Gasteiger partial charge in [-0.3, -0.25) is 4.90 Å². The minimum absolute atomic E-state index is 0.649. The molecule has 0 amide bonds. The zero-order chi connectivity index (χ0) is 15.1. The Hall–Kier alpha value is -0.940. The molecular weight excluding hydrogens is 262 g/mol. The fraction of sp³-hybridized carbons (Fsp3) is 0.875. The van der Waals surface area contributed by atoms with Gasteiger partial charge < -0.3 is 5.32 Å². The van der Waals surface area contributed by atoms with Crippen molar-refractivity contribution in [3.8, 4) is 0 Å². The summed E-state index contributed by atoms with van der Waals surface area (Å²) in [4.78, 5) is 6.95. The molecule has 1 saturated heterocycles. The molecule has 0 aliphatic carbocycles. The molecule has 2 heterocycles. The first-order chi connectivity index (χ1) is 10.2. The van der Waals surface area contributed by atoms with Crippen molar-refractivity contribution in [2.75, 3.05) is 19.6 Å². The van der Waals surface area contributed by atoms with Crippen LogP contribution in [0, 0.1) is 5.92 Å². The molecule has 0 radical (unpaired) electrons. The van der Waals surface area contributed by atoms with Crippen molar-refractivity contribution in [3.63, 3.8) is 0 Å². The van der Waals surface area contributed by atoms with E-state index >= 15 is 0 Å². The molecule has 0 aromatic carbocycles. The molecule has 21 heavy (non-hydrogen) atoms. The second kappa shape index (κ2) is 8.49. The lowest BCUT2D eigenvalue weighted by molar-refractivity contribution is 0.152. The van der Waals surface area contributed by atoms with Gasteiger partial charge in [-0.05, 0) is 58.2 Å². The first-order valence-corrected chi connectivity index (χ1v) is 8.57. The molecule has 0 saturated carbocycles. The van der Waals surface area contributed by atoms with Crippen LogP contribution in [0.3, 0.4) is 0 Å². The minimum atomic E-state index is 0.649. The number of aryl methyl sites for hydroxylation is 1. The van der Waals surface area contributed by atoms with Gasteiger partial charge >= 0.3 is 0 Å². The Morgan fingerprint density at radius 3 is 2.71 bits per heavy atom. The molecule has 1 fully saturated rings. The number of piperidine rings is 1. The van der Waals surface area contributed by atoms with Gasteiger partial charge in [0.2, 0.25) is 0 Å². The Morgan fingerprint density at radius 2 is 2.05 bits per heavy atom. The number of likely N-dealkylation sites (tertiary alicyclic amines) is 1. The average molecular weight is 293 g/mol. The summed E-state index contributed by atoms with van der Waals surface area (Å²) in [5.41, 5.74) is 0. The summed E-state index contributed by atoms with van der Waals surface area (Å²) < 4.78 is 2.05. The van der Waals surface area contributed by atoms with Crippen LogP contribution in [-0.2, 0) is 13.1 Å². The van der Waals surface area contributed by atoms with E-state index in [1.54, 1.807) is 6.33 Å². The van der Waals surface area contributed by atoms with Crippen LogP contribution in [0.15, 0.2) is 6.33 Å². The molecule has 1 aromatic rings. The Labute approximate surface area is 129 Å². The van der Waals surface area contributed by atoms with E-state index in [1.807, 2.05) is 0 Å². The number of nitrogens with one attached hydrogen (secondary N) is 1. The lowest BCUT2D eigenvalue weighted by atomic mass is 9.90. The van der Waals surface area contributed by atoms with Gasteiger partial charge in [-0.1, -0.05) is 13.8 Å². The highest BCUT2D eigenvalue weighted by atomic mass is 15.3. The van der Waals surface area contributed by atoms with E-state index in [-0.39, 0.29) is 0 Å². The van der Waals surface area contributed by atoms with E-state index in [0.717, 1.165) is 37.8 Å². The van der Waals surface area contributed by atoms with E-state index in [1.165, 1.54) is 32.4 Å². The second-order valence-corrected chi connectivity index (χ2v) is 6.26. The number of rotatable bonds is 8. The van der Waals surface area contributed by atoms with Crippen molar-refractivity contribution < 1.29 is 0 Å². The van der Waals surface area contributed by atoms with Gasteiger partial charge in [-0.15, -0.1) is 0 Å². The Morgan fingerprint density at radius 1 is 1.29 bits per heavy atom. The van der Waals surface area contributed by atoms with Crippen LogP contribution in [-0.4, -0.2) is 45.3 Å². The van der Waals surface area contributed by atoms with Crippen molar-refractivity contribution in [3.05, 3.63) is 12.2 Å². The minimum Gasteiger partial charge on any atom is -0.314 e. The molecule has 1 aromatic heterocycles. The van der Waals surface area contributed by atoms with Gasteiger partial charge in [0.25, 0.3) is 0 Å². The van der Waals surface area contributed by atoms with Crippen LogP contribution in [0.25, 0.3) is 0 Å². The van der Waals surface area contributed by atoms with Crippen LogP contribution >= 0.6 is 0 Å². The van der Waals surface area contributed by atoms with Gasteiger partial charge in [-0.25, -0.2) is 9.67 Å². The Kier molecular flexibility index (Phi) is 6.64. The van der Waals surface area contributed by atoms with E-state index < -0.39 is 0 Å². The van der Waals surface area contributed by atoms with Crippen molar-refractivity contribution in [2.45, 2.75) is 65.6 Å². The third-order valence-corrected chi connectivity index (χ3v) is 4.55. The van der Waals surface area contributed by atoms with E-state index in [9.17, 15) is 0 Å². The van der Waals surface area contributed by atoms with E-state index in [2.05, 4.69) is 45.8 Å². The van der Waals surface area contributed by atoms with Crippen molar-refractivity contribution in [1.82, 2.24) is 25.0 Å². The van der Waals surface area contributed by atoms with Gasteiger partial charge in [-0.2, -0.15) is 5.10 Å². The van der Waals surface area contributed by atoms with Gasteiger partial charge in [0.15, 0.2) is 0 Å². The normalized spacial score (nSPS) is 19.0. The molecule has 1 aliphatic heterocycles. The summed E-state index contributed by atoms with van der Waals surface area (Å²) >= 11 is 0. The maximum absolute atomic E-state index is 4.42. The van der Waals surface area contributed by atoms with Crippen molar-refractivity contribution in [1.29, 1.82) is 0 Å². The topological polar surface area (TPSA) is 46.0 Å². The summed E-state index contributed by atoms with van der Waals surface area (Å²) in [5, 5.41) is 7.96. The van der Waals surface area contributed by atoms with Crippen molar-refractivity contribution in [2.24, 2.45) is 5.92 Å². The number of aromatic nitrogens is 3. The molecule has 5 heteroatoms. The predicted octanol–water partition coefficient (Wildman–Crippen LogP) is 2.29. The van der Waals surface area contributed by atoms with E-state index in [0.29, 0.717) is 6.04 Å². The van der Waals surface area contributed by atoms with Gasteiger partial charge in [0.05, 0.1) is 6.54 Å². The second-order valence-electron chi connectivity index (χ2n) is 6.26. The smallest absolute Gasteiger partial charge is 0.141 e. The summed E-state index contributed by atoms with van der Waals surface area (Å²) in [6.45, 7) is 12.2. The van der Waals surface area contributed by atoms with E-state index in [4.69, 9.17) is 0 Å². The van der Waals surface area contributed by atoms with Crippen LogP contribution in [0.1, 0.15) is 52.3 Å². The van der Waals surface area contributed by atoms with Crippen LogP contribution in [0.4, 0.5) is 0 Å².